The zero-order valence-electron chi connectivity index (χ0n) is 15.0. The summed E-state index contributed by atoms with van der Waals surface area (Å²) in [7, 11) is 3.55. The first-order valence-corrected chi connectivity index (χ1v) is 9.20. The maximum atomic E-state index is 13.1. The van der Waals surface area contributed by atoms with Crippen LogP contribution in [0.1, 0.15) is 24.4 Å². The summed E-state index contributed by atoms with van der Waals surface area (Å²) in [4.78, 5) is 28.3. The van der Waals surface area contributed by atoms with Crippen LogP contribution in [0.5, 0.6) is 0 Å². The molecule has 3 N–H and O–H groups in total. The molecule has 26 heavy (non-hydrogen) atoms. The van der Waals surface area contributed by atoms with Crippen LogP contribution in [0.4, 0.5) is 0 Å². The molecule has 4 atom stereocenters. The normalized spacial score (nSPS) is 29.0. The molecule has 2 fully saturated rings. The Labute approximate surface area is 158 Å². The van der Waals surface area contributed by atoms with Crippen molar-refractivity contribution >= 4 is 23.5 Å². The number of carboxylic acid groups (broad SMARTS) is 1. The predicted molar refractivity (Wildman–Crippen MR) is 98.7 cm³/mol. The van der Waals surface area contributed by atoms with Crippen molar-refractivity contribution in [3.8, 4) is 0 Å². The summed E-state index contributed by atoms with van der Waals surface area (Å²) in [6, 6.07) is 6.54. The molecule has 1 unspecified atom stereocenters. The summed E-state index contributed by atoms with van der Waals surface area (Å²) >= 11 is 6.13. The third-order valence-corrected chi connectivity index (χ3v) is 5.61. The molecular formula is C18H25ClN4O3. The van der Waals surface area contributed by atoms with Gasteiger partial charge in [0.05, 0.1) is 5.92 Å². The molecule has 1 amide bonds. The summed E-state index contributed by atoms with van der Waals surface area (Å²) in [5, 5.41) is 10.1. The second kappa shape index (κ2) is 7.92. The Hall–Kier alpha value is -1.67. The number of nitrogens with zero attached hydrogens (tertiary/aromatic N) is 2. The van der Waals surface area contributed by atoms with Gasteiger partial charge in [-0.05, 0) is 37.6 Å². The van der Waals surface area contributed by atoms with Gasteiger partial charge in [-0.25, -0.2) is 0 Å². The fourth-order valence-corrected chi connectivity index (χ4v) is 4.26. The Morgan fingerprint density at radius 2 is 2.19 bits per heavy atom. The van der Waals surface area contributed by atoms with Gasteiger partial charge in [0, 0.05) is 37.2 Å². The number of carbonyl (C=O) groups is 2. The van der Waals surface area contributed by atoms with Crippen molar-refractivity contribution in [2.45, 2.75) is 31.0 Å². The van der Waals surface area contributed by atoms with E-state index in [4.69, 9.17) is 11.6 Å². The van der Waals surface area contributed by atoms with Gasteiger partial charge >= 0.3 is 5.97 Å². The van der Waals surface area contributed by atoms with Gasteiger partial charge in [0.25, 0.3) is 0 Å². The van der Waals surface area contributed by atoms with E-state index in [0.29, 0.717) is 18.0 Å². The van der Waals surface area contributed by atoms with Gasteiger partial charge in [0.1, 0.15) is 6.04 Å². The van der Waals surface area contributed by atoms with E-state index in [9.17, 15) is 14.7 Å². The number of hydrogen-bond acceptors (Lipinski definition) is 5. The largest absolute Gasteiger partial charge is 0.480 e. The van der Waals surface area contributed by atoms with Gasteiger partial charge in [-0.3, -0.25) is 25.3 Å². The minimum atomic E-state index is -0.904. The molecule has 0 radical (unpaired) electrons. The SMILES string of the molecule is CN(CC1CCNN1)C(=O)[C@@H]1C[C@H](C(=O)O)N(C)[C@@H]1c1cccc(Cl)c1. The smallest absolute Gasteiger partial charge is 0.320 e. The molecule has 0 aromatic heterocycles. The number of aliphatic carboxylic acids is 1. The van der Waals surface area contributed by atoms with Crippen LogP contribution in [0, 0.1) is 5.92 Å². The Morgan fingerprint density at radius 3 is 2.81 bits per heavy atom. The fraction of sp³-hybridized carbons (Fsp3) is 0.556. The van der Waals surface area contributed by atoms with Crippen molar-refractivity contribution in [1.82, 2.24) is 20.7 Å². The summed E-state index contributed by atoms with van der Waals surface area (Å²) in [5.41, 5.74) is 7.09. The minimum Gasteiger partial charge on any atom is -0.480 e. The van der Waals surface area contributed by atoms with Gasteiger partial charge in [-0.1, -0.05) is 23.7 Å². The van der Waals surface area contributed by atoms with Gasteiger partial charge in [0.2, 0.25) is 5.91 Å². The van der Waals surface area contributed by atoms with E-state index >= 15 is 0 Å². The molecule has 142 valence electrons. The number of benzene rings is 1. The highest BCUT2D eigenvalue weighted by Crippen LogP contribution is 2.41. The van der Waals surface area contributed by atoms with Crippen LogP contribution in [-0.2, 0) is 9.59 Å². The monoisotopic (exact) mass is 380 g/mol. The lowest BCUT2D eigenvalue weighted by atomic mass is 9.91. The molecule has 8 heteroatoms. The van der Waals surface area contributed by atoms with Crippen LogP contribution >= 0.6 is 11.6 Å². The first-order chi connectivity index (χ1) is 12.4. The molecule has 2 saturated heterocycles. The highest BCUT2D eigenvalue weighted by Gasteiger charge is 2.47. The van der Waals surface area contributed by atoms with Crippen LogP contribution < -0.4 is 10.9 Å². The molecule has 0 aliphatic carbocycles. The van der Waals surface area contributed by atoms with Crippen molar-refractivity contribution in [2.75, 3.05) is 27.2 Å². The number of halogens is 1. The van der Waals surface area contributed by atoms with Crippen LogP contribution in [0.2, 0.25) is 5.02 Å². The fourth-order valence-electron chi connectivity index (χ4n) is 4.06. The highest BCUT2D eigenvalue weighted by atomic mass is 35.5. The average Bonchev–Trinajstić information content (AvgIpc) is 3.21. The van der Waals surface area contributed by atoms with Crippen molar-refractivity contribution in [1.29, 1.82) is 0 Å². The van der Waals surface area contributed by atoms with E-state index in [1.165, 1.54) is 0 Å². The quantitative estimate of drug-likeness (QED) is 0.709. The lowest BCUT2D eigenvalue weighted by Crippen LogP contribution is -2.44. The maximum Gasteiger partial charge on any atom is 0.320 e. The zero-order valence-corrected chi connectivity index (χ0v) is 15.7. The van der Waals surface area contributed by atoms with E-state index in [0.717, 1.165) is 18.5 Å². The number of hydrazine groups is 1. The average molecular weight is 381 g/mol. The summed E-state index contributed by atoms with van der Waals surface area (Å²) < 4.78 is 0. The number of likely N-dealkylation sites (tertiary alicyclic amines) is 1. The van der Waals surface area contributed by atoms with Crippen LogP contribution in [0.25, 0.3) is 0 Å². The lowest BCUT2D eigenvalue weighted by molar-refractivity contribution is -0.142. The van der Waals surface area contributed by atoms with Gasteiger partial charge in [-0.15, -0.1) is 0 Å². The molecule has 1 aromatic carbocycles. The van der Waals surface area contributed by atoms with Crippen LogP contribution in [0.15, 0.2) is 24.3 Å². The minimum absolute atomic E-state index is 0.0284. The Balaban J connectivity index is 1.83. The number of hydrogen-bond donors (Lipinski definition) is 3. The van der Waals surface area contributed by atoms with Gasteiger partial charge < -0.3 is 10.0 Å². The Kier molecular flexibility index (Phi) is 5.82. The van der Waals surface area contributed by atoms with E-state index in [2.05, 4.69) is 10.9 Å². The second-order valence-electron chi connectivity index (χ2n) is 7.14. The Morgan fingerprint density at radius 1 is 1.42 bits per heavy atom. The molecular weight excluding hydrogens is 356 g/mol. The number of rotatable bonds is 5. The van der Waals surface area contributed by atoms with Crippen molar-refractivity contribution in [2.24, 2.45) is 5.92 Å². The molecule has 2 aliphatic rings. The predicted octanol–water partition coefficient (Wildman–Crippen LogP) is 1.11. The molecule has 2 heterocycles. The van der Waals surface area contributed by atoms with Gasteiger partial charge in [-0.2, -0.15) is 0 Å². The third kappa shape index (κ3) is 3.86. The van der Waals surface area contributed by atoms with E-state index in [-0.39, 0.29) is 18.0 Å². The molecule has 2 aliphatic heterocycles. The Bertz CT molecular complexity index is 680. The van der Waals surface area contributed by atoms with Crippen molar-refractivity contribution in [3.63, 3.8) is 0 Å². The highest BCUT2D eigenvalue weighted by molar-refractivity contribution is 6.30. The van der Waals surface area contributed by atoms with E-state index in [1.807, 2.05) is 18.2 Å². The first-order valence-electron chi connectivity index (χ1n) is 8.82. The zero-order chi connectivity index (χ0) is 18.8. The second-order valence-corrected chi connectivity index (χ2v) is 7.57. The standard InChI is InChI=1S/C18H25ClN4O3/c1-22(10-13-6-7-20-21-13)17(24)14-9-15(18(25)26)23(2)16(14)11-4-3-5-12(19)8-11/h3-5,8,13-16,20-21H,6-7,9-10H2,1-2H3,(H,25,26)/t13?,14-,15-,16-/m1/s1. The number of carbonyl (C=O) groups excluding carboxylic acids is 1. The van der Waals surface area contributed by atoms with Crippen LogP contribution in [-0.4, -0.2) is 66.1 Å². The topological polar surface area (TPSA) is 84.9 Å². The van der Waals surface area contributed by atoms with E-state index < -0.39 is 17.9 Å². The van der Waals surface area contributed by atoms with Crippen molar-refractivity contribution in [3.05, 3.63) is 34.9 Å². The van der Waals surface area contributed by atoms with Crippen molar-refractivity contribution < 1.29 is 14.7 Å². The maximum absolute atomic E-state index is 13.1. The molecule has 3 rings (SSSR count). The number of likely N-dealkylation sites (N-methyl/N-ethyl adjacent to an activating group) is 2. The molecule has 1 aromatic rings. The van der Waals surface area contributed by atoms with Gasteiger partial charge in [0.15, 0.2) is 0 Å². The summed E-state index contributed by atoms with van der Waals surface area (Å²) in [5.74, 6) is -1.35. The van der Waals surface area contributed by atoms with E-state index in [1.54, 1.807) is 30.0 Å². The molecule has 7 nitrogen and oxygen atoms in total. The van der Waals surface area contributed by atoms with Crippen LogP contribution in [0.3, 0.4) is 0 Å². The number of carboxylic acids is 1. The molecule has 0 bridgehead atoms. The molecule has 0 saturated carbocycles. The number of nitrogens with one attached hydrogen (secondary N) is 2. The molecule has 0 spiro atoms. The third-order valence-electron chi connectivity index (χ3n) is 5.38. The number of amides is 1. The first kappa shape index (κ1) is 19.1. The summed E-state index contributed by atoms with van der Waals surface area (Å²) in [6.07, 6.45) is 1.25. The summed E-state index contributed by atoms with van der Waals surface area (Å²) in [6.45, 7) is 1.47. The lowest BCUT2D eigenvalue weighted by Gasteiger charge is -2.29.